The van der Waals surface area contributed by atoms with Crippen molar-refractivity contribution >= 4 is 5.78 Å². The standard InChI is InChI=1S/C13H18FNO3/c1-13(2,14)9-5-8(10(16)7-15)6-11(17-3)12(9)18-4/h5-6H,7,15H2,1-4H3. The molecular weight excluding hydrogens is 237 g/mol. The first kappa shape index (κ1) is 14.4. The second kappa shape index (κ2) is 5.35. The Kier molecular flexibility index (Phi) is 4.29. The van der Waals surface area contributed by atoms with E-state index in [4.69, 9.17) is 15.2 Å². The first-order valence-corrected chi connectivity index (χ1v) is 5.53. The molecule has 2 N–H and O–H groups in total. The molecule has 0 amide bonds. The Morgan fingerprint density at radius 3 is 2.33 bits per heavy atom. The third-order valence-electron chi connectivity index (χ3n) is 2.63. The van der Waals surface area contributed by atoms with Crippen molar-refractivity contribution < 1.29 is 18.7 Å². The Balaban J connectivity index is 3.51. The van der Waals surface area contributed by atoms with Crippen molar-refractivity contribution in [3.8, 4) is 11.5 Å². The Labute approximate surface area is 106 Å². The largest absolute Gasteiger partial charge is 0.493 e. The van der Waals surface area contributed by atoms with E-state index in [1.165, 1.54) is 40.2 Å². The molecule has 5 heteroatoms. The summed E-state index contributed by atoms with van der Waals surface area (Å²) in [5.41, 5.74) is 4.24. The third kappa shape index (κ3) is 2.79. The fourth-order valence-corrected chi connectivity index (χ4v) is 1.68. The van der Waals surface area contributed by atoms with Gasteiger partial charge in [0.05, 0.1) is 20.8 Å². The van der Waals surface area contributed by atoms with Gasteiger partial charge in [0.1, 0.15) is 5.67 Å². The molecule has 0 heterocycles. The monoisotopic (exact) mass is 255 g/mol. The lowest BCUT2D eigenvalue weighted by molar-refractivity contribution is 0.100. The number of ketones is 1. The molecule has 0 aliphatic carbocycles. The minimum atomic E-state index is -1.65. The number of nitrogens with two attached hydrogens (primary N) is 1. The highest BCUT2D eigenvalue weighted by Crippen LogP contribution is 2.40. The van der Waals surface area contributed by atoms with Crippen LogP contribution in [0.1, 0.15) is 29.8 Å². The van der Waals surface area contributed by atoms with Crippen molar-refractivity contribution in [3.05, 3.63) is 23.3 Å². The number of carbonyl (C=O) groups excluding carboxylic acids is 1. The molecule has 100 valence electrons. The van der Waals surface area contributed by atoms with Crippen LogP contribution >= 0.6 is 0 Å². The number of alkyl halides is 1. The number of hydrogen-bond acceptors (Lipinski definition) is 4. The fraction of sp³-hybridized carbons (Fsp3) is 0.462. The summed E-state index contributed by atoms with van der Waals surface area (Å²) in [6.07, 6.45) is 0. The summed E-state index contributed by atoms with van der Waals surface area (Å²) in [6.45, 7) is 2.64. The minimum Gasteiger partial charge on any atom is -0.493 e. The SMILES string of the molecule is COc1cc(C(=O)CN)cc(C(C)(C)F)c1OC. The molecule has 0 saturated carbocycles. The number of methoxy groups -OCH3 is 2. The Hall–Kier alpha value is -1.62. The van der Waals surface area contributed by atoms with Gasteiger partial charge in [-0.3, -0.25) is 4.79 Å². The van der Waals surface area contributed by atoms with Crippen LogP contribution in [0.4, 0.5) is 4.39 Å². The molecule has 1 aromatic carbocycles. The highest BCUT2D eigenvalue weighted by atomic mass is 19.1. The summed E-state index contributed by atoms with van der Waals surface area (Å²) in [5.74, 6) is 0.331. The van der Waals surface area contributed by atoms with E-state index in [0.29, 0.717) is 17.1 Å². The lowest BCUT2D eigenvalue weighted by Gasteiger charge is -2.21. The maximum atomic E-state index is 14.2. The minimum absolute atomic E-state index is 0.137. The van der Waals surface area contributed by atoms with E-state index < -0.39 is 5.67 Å². The zero-order valence-corrected chi connectivity index (χ0v) is 11.0. The number of carbonyl (C=O) groups is 1. The van der Waals surface area contributed by atoms with Crippen LogP contribution in [0.3, 0.4) is 0 Å². The van der Waals surface area contributed by atoms with Gasteiger partial charge in [0, 0.05) is 11.1 Å². The molecule has 0 atom stereocenters. The number of halogens is 1. The van der Waals surface area contributed by atoms with E-state index in [1.807, 2.05) is 0 Å². The first-order valence-electron chi connectivity index (χ1n) is 5.53. The summed E-state index contributed by atoms with van der Waals surface area (Å²) in [6, 6.07) is 2.96. The van der Waals surface area contributed by atoms with Gasteiger partial charge in [-0.05, 0) is 26.0 Å². The van der Waals surface area contributed by atoms with Gasteiger partial charge in [-0.2, -0.15) is 0 Å². The molecule has 0 aliphatic heterocycles. The summed E-state index contributed by atoms with van der Waals surface area (Å²) < 4.78 is 24.4. The van der Waals surface area contributed by atoms with Gasteiger partial charge >= 0.3 is 0 Å². The van der Waals surface area contributed by atoms with Crippen LogP contribution < -0.4 is 15.2 Å². The van der Waals surface area contributed by atoms with Crippen LogP contribution in [0, 0.1) is 0 Å². The van der Waals surface area contributed by atoms with Crippen LogP contribution in [0.2, 0.25) is 0 Å². The zero-order valence-electron chi connectivity index (χ0n) is 11.0. The van der Waals surface area contributed by atoms with Gasteiger partial charge < -0.3 is 15.2 Å². The van der Waals surface area contributed by atoms with Crippen LogP contribution in [-0.2, 0) is 5.67 Å². The van der Waals surface area contributed by atoms with E-state index in [2.05, 4.69) is 0 Å². The number of ether oxygens (including phenoxy) is 2. The van der Waals surface area contributed by atoms with Crippen molar-refractivity contribution in [2.45, 2.75) is 19.5 Å². The van der Waals surface area contributed by atoms with Gasteiger partial charge in [-0.15, -0.1) is 0 Å². The van der Waals surface area contributed by atoms with Crippen LogP contribution in [-0.4, -0.2) is 26.5 Å². The van der Waals surface area contributed by atoms with Gasteiger partial charge in [0.2, 0.25) is 0 Å². The smallest absolute Gasteiger partial charge is 0.176 e. The summed E-state index contributed by atoms with van der Waals surface area (Å²) in [4.78, 5) is 11.6. The van der Waals surface area contributed by atoms with E-state index in [1.54, 1.807) is 0 Å². The Bertz CT molecular complexity index is 452. The average Bonchev–Trinajstić information content (AvgIpc) is 2.34. The second-order valence-electron chi connectivity index (χ2n) is 4.36. The quantitative estimate of drug-likeness (QED) is 0.818. The lowest BCUT2D eigenvalue weighted by Crippen LogP contribution is -2.17. The van der Waals surface area contributed by atoms with E-state index in [-0.39, 0.29) is 17.9 Å². The van der Waals surface area contributed by atoms with Crippen LogP contribution in [0.15, 0.2) is 12.1 Å². The van der Waals surface area contributed by atoms with Crippen LogP contribution in [0.25, 0.3) is 0 Å². The molecule has 1 aromatic rings. The number of Topliss-reactive ketones (excluding diaryl/α,β-unsaturated/α-hetero) is 1. The topological polar surface area (TPSA) is 61.5 Å². The van der Waals surface area contributed by atoms with Crippen molar-refractivity contribution in [2.75, 3.05) is 20.8 Å². The maximum Gasteiger partial charge on any atom is 0.176 e. The van der Waals surface area contributed by atoms with Gasteiger partial charge in [0.25, 0.3) is 0 Å². The van der Waals surface area contributed by atoms with Gasteiger partial charge in [0.15, 0.2) is 17.3 Å². The molecule has 4 nitrogen and oxygen atoms in total. The maximum absolute atomic E-state index is 14.2. The van der Waals surface area contributed by atoms with Crippen molar-refractivity contribution in [1.82, 2.24) is 0 Å². The zero-order chi connectivity index (χ0) is 13.9. The van der Waals surface area contributed by atoms with E-state index in [0.717, 1.165) is 0 Å². The third-order valence-corrected chi connectivity index (χ3v) is 2.63. The van der Waals surface area contributed by atoms with Gasteiger partial charge in [-0.25, -0.2) is 4.39 Å². The normalized spacial score (nSPS) is 11.2. The molecule has 0 spiro atoms. The van der Waals surface area contributed by atoms with Crippen molar-refractivity contribution in [3.63, 3.8) is 0 Å². The van der Waals surface area contributed by atoms with Gasteiger partial charge in [-0.1, -0.05) is 0 Å². The molecule has 0 radical (unpaired) electrons. The highest BCUT2D eigenvalue weighted by Gasteiger charge is 2.27. The summed E-state index contributed by atoms with van der Waals surface area (Å²) in [7, 11) is 2.86. The number of hydrogen-bond donors (Lipinski definition) is 1. The van der Waals surface area contributed by atoms with Crippen LogP contribution in [0.5, 0.6) is 11.5 Å². The molecule has 0 aromatic heterocycles. The molecule has 0 aliphatic rings. The molecule has 1 rings (SSSR count). The van der Waals surface area contributed by atoms with Crippen molar-refractivity contribution in [1.29, 1.82) is 0 Å². The molecular formula is C13H18FNO3. The summed E-state index contributed by atoms with van der Waals surface area (Å²) in [5, 5.41) is 0. The second-order valence-corrected chi connectivity index (χ2v) is 4.36. The Morgan fingerprint density at radius 2 is 1.94 bits per heavy atom. The fourth-order valence-electron chi connectivity index (χ4n) is 1.68. The summed E-state index contributed by atoms with van der Waals surface area (Å²) >= 11 is 0. The van der Waals surface area contributed by atoms with E-state index >= 15 is 0 Å². The predicted molar refractivity (Wildman–Crippen MR) is 67.1 cm³/mol. The first-order chi connectivity index (χ1) is 8.35. The lowest BCUT2D eigenvalue weighted by atomic mass is 9.95. The number of benzene rings is 1. The predicted octanol–water partition coefficient (Wildman–Crippen LogP) is 2.05. The van der Waals surface area contributed by atoms with E-state index in [9.17, 15) is 9.18 Å². The number of rotatable bonds is 5. The highest BCUT2D eigenvalue weighted by molar-refractivity contribution is 5.98. The molecule has 0 unspecified atom stereocenters. The molecule has 0 bridgehead atoms. The molecule has 0 fully saturated rings. The average molecular weight is 255 g/mol. The van der Waals surface area contributed by atoms with Crippen molar-refractivity contribution in [2.24, 2.45) is 5.73 Å². The molecule has 0 saturated heterocycles. The Morgan fingerprint density at radius 1 is 1.33 bits per heavy atom. The molecule has 18 heavy (non-hydrogen) atoms.